The van der Waals surface area contributed by atoms with Gasteiger partial charge < -0.3 is 10.1 Å². The van der Waals surface area contributed by atoms with E-state index in [1.165, 1.54) is 17.7 Å². The third-order valence-electron chi connectivity index (χ3n) is 4.14. The first-order valence-electron chi connectivity index (χ1n) is 8.71. The molecule has 6 heteroatoms. The molecule has 3 rings (SSSR count). The van der Waals surface area contributed by atoms with Crippen molar-refractivity contribution in [3.05, 3.63) is 98.7 Å². The summed E-state index contributed by atoms with van der Waals surface area (Å²) in [7, 11) is 0. The molecule has 0 radical (unpaired) electrons. The molecule has 3 aromatic rings. The fraction of sp³-hybridized carbons (Fsp3) is 0.182. The maximum absolute atomic E-state index is 12.9. The fourth-order valence-electron chi connectivity index (χ4n) is 2.63. The van der Waals surface area contributed by atoms with Crippen LogP contribution in [0.25, 0.3) is 0 Å². The predicted octanol–water partition coefficient (Wildman–Crippen LogP) is 6.57. The van der Waals surface area contributed by atoms with Gasteiger partial charge in [0, 0.05) is 11.6 Å². The van der Waals surface area contributed by atoms with Gasteiger partial charge in [0.15, 0.2) is 0 Å². The summed E-state index contributed by atoms with van der Waals surface area (Å²) in [5, 5.41) is 4.13. The second kappa shape index (κ2) is 11.4. The first-order valence-corrected chi connectivity index (χ1v) is 9.88. The van der Waals surface area contributed by atoms with Crippen molar-refractivity contribution in [2.45, 2.75) is 19.6 Å². The lowest BCUT2D eigenvalue weighted by molar-refractivity contribution is 0.304. The molecule has 0 bridgehead atoms. The Morgan fingerprint density at radius 3 is 2.21 bits per heavy atom. The van der Waals surface area contributed by atoms with Gasteiger partial charge in [-0.2, -0.15) is 0 Å². The van der Waals surface area contributed by atoms with Crippen molar-refractivity contribution in [3.8, 4) is 5.75 Å². The van der Waals surface area contributed by atoms with Gasteiger partial charge in [-0.25, -0.2) is 4.39 Å². The number of halogens is 4. The molecule has 0 saturated heterocycles. The Kier molecular flexibility index (Phi) is 9.26. The molecule has 148 valence electrons. The second-order valence-electron chi connectivity index (χ2n) is 6.23. The summed E-state index contributed by atoms with van der Waals surface area (Å²) in [6.07, 6.45) is 0.865. The molecule has 1 N–H and O–H groups in total. The monoisotopic (exact) mass is 483 g/mol. The van der Waals surface area contributed by atoms with Crippen molar-refractivity contribution in [1.82, 2.24) is 5.32 Å². The van der Waals surface area contributed by atoms with Crippen LogP contribution in [0.1, 0.15) is 16.7 Å². The Balaban J connectivity index is 0.00000280. The zero-order chi connectivity index (χ0) is 19.1. The van der Waals surface area contributed by atoms with Gasteiger partial charge in [0.05, 0.1) is 4.47 Å². The highest BCUT2D eigenvalue weighted by Gasteiger charge is 2.04. The SMILES string of the molecule is Cl.Fc1ccc(CCNCc2ccc(OCc3ccc(Cl)cc3)c(Br)c2)cc1. The van der Waals surface area contributed by atoms with Gasteiger partial charge in [-0.1, -0.05) is 41.9 Å². The minimum Gasteiger partial charge on any atom is -0.488 e. The number of hydrogen-bond donors (Lipinski definition) is 1. The summed E-state index contributed by atoms with van der Waals surface area (Å²) < 4.78 is 19.7. The van der Waals surface area contributed by atoms with Gasteiger partial charge in [0.1, 0.15) is 18.2 Å². The molecule has 0 aliphatic carbocycles. The highest BCUT2D eigenvalue weighted by Crippen LogP contribution is 2.27. The maximum Gasteiger partial charge on any atom is 0.134 e. The van der Waals surface area contributed by atoms with E-state index >= 15 is 0 Å². The lowest BCUT2D eigenvalue weighted by Crippen LogP contribution is -2.16. The van der Waals surface area contributed by atoms with Crippen molar-refractivity contribution in [2.24, 2.45) is 0 Å². The Bertz CT molecular complexity index is 873. The molecule has 0 spiro atoms. The van der Waals surface area contributed by atoms with Gasteiger partial charge in [0.25, 0.3) is 0 Å². The first-order chi connectivity index (χ1) is 13.1. The van der Waals surface area contributed by atoms with E-state index in [2.05, 4.69) is 27.3 Å². The lowest BCUT2D eigenvalue weighted by Gasteiger charge is -2.11. The summed E-state index contributed by atoms with van der Waals surface area (Å²) in [6.45, 7) is 2.08. The molecular weight excluding hydrogens is 464 g/mol. The number of nitrogens with one attached hydrogen (secondary N) is 1. The zero-order valence-electron chi connectivity index (χ0n) is 15.1. The van der Waals surface area contributed by atoms with E-state index in [9.17, 15) is 4.39 Å². The van der Waals surface area contributed by atoms with Crippen LogP contribution in [0.2, 0.25) is 5.02 Å². The van der Waals surface area contributed by atoms with Crippen LogP contribution in [-0.2, 0) is 19.6 Å². The minimum atomic E-state index is -0.199. The van der Waals surface area contributed by atoms with E-state index in [0.29, 0.717) is 6.61 Å². The third-order valence-corrected chi connectivity index (χ3v) is 5.01. The molecular formula is C22H21BrCl2FNO. The number of ether oxygens (including phenoxy) is 1. The van der Waals surface area contributed by atoms with Gasteiger partial charge in [-0.3, -0.25) is 0 Å². The molecule has 0 aromatic heterocycles. The van der Waals surface area contributed by atoms with Crippen LogP contribution >= 0.6 is 39.9 Å². The zero-order valence-corrected chi connectivity index (χ0v) is 18.3. The molecule has 0 aliphatic rings. The van der Waals surface area contributed by atoms with E-state index < -0.39 is 0 Å². The van der Waals surface area contributed by atoms with E-state index in [0.717, 1.165) is 45.9 Å². The highest BCUT2D eigenvalue weighted by molar-refractivity contribution is 9.10. The van der Waals surface area contributed by atoms with Gasteiger partial charge >= 0.3 is 0 Å². The second-order valence-corrected chi connectivity index (χ2v) is 7.52. The van der Waals surface area contributed by atoms with E-state index in [1.807, 2.05) is 48.5 Å². The summed E-state index contributed by atoms with van der Waals surface area (Å²) in [4.78, 5) is 0. The van der Waals surface area contributed by atoms with Crippen molar-refractivity contribution in [3.63, 3.8) is 0 Å². The van der Waals surface area contributed by atoms with Crippen LogP contribution in [0.4, 0.5) is 4.39 Å². The maximum atomic E-state index is 12.9. The molecule has 0 fully saturated rings. The quantitative estimate of drug-likeness (QED) is 0.365. The standard InChI is InChI=1S/C22H20BrClFNO.ClH/c23-21-13-18(14-26-12-11-16-3-8-20(25)9-4-16)5-10-22(21)27-15-17-1-6-19(24)7-2-17;/h1-10,13,26H,11-12,14-15H2;1H. The van der Waals surface area contributed by atoms with Crippen LogP contribution in [0, 0.1) is 5.82 Å². The molecule has 0 amide bonds. The number of rotatable bonds is 8. The summed E-state index contributed by atoms with van der Waals surface area (Å²) >= 11 is 9.47. The molecule has 0 atom stereocenters. The largest absolute Gasteiger partial charge is 0.488 e. The summed E-state index contributed by atoms with van der Waals surface area (Å²) in [5.41, 5.74) is 3.36. The lowest BCUT2D eigenvalue weighted by atomic mass is 10.1. The molecule has 2 nitrogen and oxygen atoms in total. The molecule has 0 heterocycles. The molecule has 0 unspecified atom stereocenters. The Hall–Kier alpha value is -1.59. The normalized spacial score (nSPS) is 10.4. The van der Waals surface area contributed by atoms with Gasteiger partial charge in [-0.05, 0) is 82.0 Å². The third kappa shape index (κ3) is 7.10. The van der Waals surface area contributed by atoms with Crippen molar-refractivity contribution < 1.29 is 9.13 Å². The molecule has 0 aliphatic heterocycles. The summed E-state index contributed by atoms with van der Waals surface area (Å²) in [6, 6.07) is 20.3. The average Bonchev–Trinajstić information content (AvgIpc) is 2.67. The predicted molar refractivity (Wildman–Crippen MR) is 119 cm³/mol. The average molecular weight is 485 g/mol. The minimum absolute atomic E-state index is 0. The highest BCUT2D eigenvalue weighted by atomic mass is 79.9. The van der Waals surface area contributed by atoms with Crippen LogP contribution in [0.15, 0.2) is 71.2 Å². The Morgan fingerprint density at radius 1 is 0.893 bits per heavy atom. The Morgan fingerprint density at radius 2 is 1.54 bits per heavy atom. The summed E-state index contributed by atoms with van der Waals surface area (Å²) in [5.74, 6) is 0.606. The number of hydrogen-bond acceptors (Lipinski definition) is 2. The van der Waals surface area contributed by atoms with Crippen molar-refractivity contribution in [1.29, 1.82) is 0 Å². The van der Waals surface area contributed by atoms with Gasteiger partial charge in [0.2, 0.25) is 0 Å². The fourth-order valence-corrected chi connectivity index (χ4v) is 3.30. The molecule has 3 aromatic carbocycles. The van der Waals surface area contributed by atoms with Gasteiger partial charge in [-0.15, -0.1) is 12.4 Å². The topological polar surface area (TPSA) is 21.3 Å². The van der Waals surface area contributed by atoms with E-state index in [-0.39, 0.29) is 18.2 Å². The van der Waals surface area contributed by atoms with E-state index in [1.54, 1.807) is 0 Å². The number of benzene rings is 3. The van der Waals surface area contributed by atoms with E-state index in [4.69, 9.17) is 16.3 Å². The van der Waals surface area contributed by atoms with Crippen LogP contribution in [-0.4, -0.2) is 6.54 Å². The van der Waals surface area contributed by atoms with Crippen LogP contribution in [0.5, 0.6) is 5.75 Å². The molecule has 28 heavy (non-hydrogen) atoms. The first kappa shape index (κ1) is 22.7. The van der Waals surface area contributed by atoms with Crippen molar-refractivity contribution in [2.75, 3.05) is 6.54 Å². The van der Waals surface area contributed by atoms with Crippen LogP contribution < -0.4 is 10.1 Å². The Labute approximate surface area is 184 Å². The van der Waals surface area contributed by atoms with Crippen molar-refractivity contribution >= 4 is 39.9 Å². The molecule has 0 saturated carbocycles. The smallest absolute Gasteiger partial charge is 0.134 e. The van der Waals surface area contributed by atoms with Crippen LogP contribution in [0.3, 0.4) is 0 Å².